The van der Waals surface area contributed by atoms with E-state index in [0.717, 1.165) is 4.31 Å². The van der Waals surface area contributed by atoms with Crippen LogP contribution in [0.5, 0.6) is 5.75 Å². The fourth-order valence-corrected chi connectivity index (χ4v) is 6.84. The number of carbonyl (C=O) groups is 1. The summed E-state index contributed by atoms with van der Waals surface area (Å²) in [5.41, 5.74) is 0.509. The first kappa shape index (κ1) is 31.5. The molecular weight excluding hydrogens is 645 g/mol. The first-order valence-corrected chi connectivity index (χ1v) is 16.3. The summed E-state index contributed by atoms with van der Waals surface area (Å²) in [4.78, 5) is 13.0. The smallest absolute Gasteiger partial charge is 0.264 e. The van der Waals surface area contributed by atoms with Crippen LogP contribution in [0.15, 0.2) is 101 Å². The van der Waals surface area contributed by atoms with Gasteiger partial charge in [0, 0.05) is 10.7 Å². The number of amides is 1. The van der Waals surface area contributed by atoms with Gasteiger partial charge in [-0.15, -0.1) is 0 Å². The summed E-state index contributed by atoms with van der Waals surface area (Å²) in [6.45, 7) is 1.42. The van der Waals surface area contributed by atoms with Crippen molar-refractivity contribution < 1.29 is 26.4 Å². The van der Waals surface area contributed by atoms with E-state index in [2.05, 4.69) is 10.0 Å². The maximum absolute atomic E-state index is 13.7. The van der Waals surface area contributed by atoms with Gasteiger partial charge in [-0.25, -0.2) is 16.8 Å². The van der Waals surface area contributed by atoms with Crippen molar-refractivity contribution >= 4 is 77.8 Å². The second-order valence-electron chi connectivity index (χ2n) is 8.65. The largest absolute Gasteiger partial charge is 0.492 e. The first-order chi connectivity index (χ1) is 19.9. The zero-order chi connectivity index (χ0) is 30.5. The lowest BCUT2D eigenvalue weighted by atomic mass is 10.3. The van der Waals surface area contributed by atoms with Gasteiger partial charge in [0.25, 0.3) is 20.0 Å². The maximum atomic E-state index is 13.7. The Hall–Kier alpha value is -3.48. The quantitative estimate of drug-likeness (QED) is 0.184. The number of rotatable bonds is 11. The van der Waals surface area contributed by atoms with E-state index in [0.29, 0.717) is 5.02 Å². The summed E-state index contributed by atoms with van der Waals surface area (Å²) in [7, 11) is -8.27. The van der Waals surface area contributed by atoms with Crippen molar-refractivity contribution in [1.29, 1.82) is 0 Å². The van der Waals surface area contributed by atoms with Crippen molar-refractivity contribution in [2.75, 3.05) is 27.5 Å². The van der Waals surface area contributed by atoms with Crippen molar-refractivity contribution in [1.82, 2.24) is 0 Å². The number of anilines is 3. The summed E-state index contributed by atoms with van der Waals surface area (Å²) in [5, 5.41) is 3.20. The van der Waals surface area contributed by atoms with Gasteiger partial charge in [-0.05, 0) is 79.7 Å². The molecule has 0 atom stereocenters. The molecule has 0 aromatic heterocycles. The molecule has 0 aliphatic rings. The molecule has 0 unspecified atom stereocenters. The van der Waals surface area contributed by atoms with Crippen LogP contribution in [0.2, 0.25) is 15.1 Å². The zero-order valence-corrected chi connectivity index (χ0v) is 25.8. The molecule has 4 aromatic carbocycles. The summed E-state index contributed by atoms with van der Waals surface area (Å²) in [6, 6.07) is 21.9. The Balaban J connectivity index is 1.57. The second-order valence-corrected chi connectivity index (χ2v) is 13.4. The molecular formula is C28H24Cl3N3O6S2. The Bertz CT molecular complexity index is 1800. The van der Waals surface area contributed by atoms with Gasteiger partial charge < -0.3 is 10.1 Å². The zero-order valence-electron chi connectivity index (χ0n) is 21.9. The SMILES string of the molecule is CCOc1ccccc1N(CC(=O)Nc1ccc(S(=O)(=O)Nc2cccc(Cl)c2Cl)cc1)S(=O)(=O)c1ccc(Cl)cc1. The summed E-state index contributed by atoms with van der Waals surface area (Å²) < 4.78 is 62.1. The number of hydrogen-bond acceptors (Lipinski definition) is 6. The number of benzene rings is 4. The molecule has 0 aliphatic carbocycles. The van der Waals surface area contributed by atoms with Crippen LogP contribution in [-0.4, -0.2) is 35.9 Å². The lowest BCUT2D eigenvalue weighted by molar-refractivity contribution is -0.114. The van der Waals surface area contributed by atoms with Crippen molar-refractivity contribution in [3.63, 3.8) is 0 Å². The molecule has 0 bridgehead atoms. The Morgan fingerprint density at radius 1 is 0.810 bits per heavy atom. The van der Waals surface area contributed by atoms with E-state index in [-0.39, 0.29) is 49.3 Å². The molecule has 0 saturated carbocycles. The average molecular weight is 669 g/mol. The highest BCUT2D eigenvalue weighted by Gasteiger charge is 2.29. The van der Waals surface area contributed by atoms with Crippen molar-refractivity contribution in [3.8, 4) is 5.75 Å². The van der Waals surface area contributed by atoms with Crippen LogP contribution in [0.1, 0.15) is 6.92 Å². The monoisotopic (exact) mass is 667 g/mol. The van der Waals surface area contributed by atoms with Gasteiger partial charge in [0.2, 0.25) is 5.91 Å². The molecule has 0 fully saturated rings. The standard InChI is InChI=1S/C28H24Cl3N3O6S2/c1-2-40-26-9-4-3-8-25(26)34(42(38,39)22-14-10-19(29)11-15-22)18-27(35)32-20-12-16-21(17-13-20)41(36,37)33-24-7-5-6-23(30)28(24)31/h3-17,33H,2,18H2,1H3,(H,32,35). The number of halogens is 3. The Labute approximate surface area is 259 Å². The molecule has 4 aromatic rings. The molecule has 14 heteroatoms. The van der Waals surface area contributed by atoms with E-state index in [1.165, 1.54) is 66.7 Å². The van der Waals surface area contributed by atoms with Crippen molar-refractivity contribution in [2.24, 2.45) is 0 Å². The minimum atomic E-state index is -4.24. The van der Waals surface area contributed by atoms with Crippen LogP contribution in [0, 0.1) is 0 Å². The first-order valence-electron chi connectivity index (χ1n) is 12.3. The molecule has 2 N–H and O–H groups in total. The predicted molar refractivity (Wildman–Crippen MR) is 166 cm³/mol. The third-order valence-electron chi connectivity index (χ3n) is 5.77. The highest BCUT2D eigenvalue weighted by atomic mass is 35.5. The number of carbonyl (C=O) groups excluding carboxylic acids is 1. The molecule has 0 heterocycles. The van der Waals surface area contributed by atoms with E-state index in [1.807, 2.05) is 0 Å². The van der Waals surface area contributed by atoms with Crippen LogP contribution >= 0.6 is 34.8 Å². The summed E-state index contributed by atoms with van der Waals surface area (Å²) >= 11 is 18.0. The van der Waals surface area contributed by atoms with E-state index in [9.17, 15) is 21.6 Å². The number of para-hydroxylation sites is 2. The molecule has 0 radical (unpaired) electrons. The highest BCUT2D eigenvalue weighted by Crippen LogP contribution is 2.33. The third-order valence-corrected chi connectivity index (χ3v) is 9.99. The number of hydrogen-bond donors (Lipinski definition) is 2. The molecule has 0 spiro atoms. The Morgan fingerprint density at radius 2 is 1.45 bits per heavy atom. The lowest BCUT2D eigenvalue weighted by Crippen LogP contribution is -2.38. The molecule has 220 valence electrons. The van der Waals surface area contributed by atoms with Crippen molar-refractivity contribution in [3.05, 3.63) is 106 Å². The highest BCUT2D eigenvalue weighted by molar-refractivity contribution is 7.93. The van der Waals surface area contributed by atoms with Gasteiger partial charge >= 0.3 is 0 Å². The van der Waals surface area contributed by atoms with Crippen molar-refractivity contribution in [2.45, 2.75) is 16.7 Å². The average Bonchev–Trinajstić information content (AvgIpc) is 2.95. The van der Waals surface area contributed by atoms with Crippen LogP contribution < -0.4 is 19.1 Å². The van der Waals surface area contributed by atoms with Crippen LogP contribution in [0.25, 0.3) is 0 Å². The molecule has 9 nitrogen and oxygen atoms in total. The topological polar surface area (TPSA) is 122 Å². The molecule has 4 rings (SSSR count). The van der Waals surface area contributed by atoms with E-state index >= 15 is 0 Å². The minimum absolute atomic E-state index is 0.0515. The molecule has 42 heavy (non-hydrogen) atoms. The Kier molecular flexibility index (Phi) is 9.90. The summed E-state index contributed by atoms with van der Waals surface area (Å²) in [5.74, 6) is -0.412. The van der Waals surface area contributed by atoms with Gasteiger partial charge in [-0.1, -0.05) is 53.0 Å². The fraction of sp³-hybridized carbons (Fsp3) is 0.107. The number of sulfonamides is 2. The summed E-state index contributed by atoms with van der Waals surface area (Å²) in [6.07, 6.45) is 0. The molecule has 0 saturated heterocycles. The fourth-order valence-electron chi connectivity index (χ4n) is 3.81. The van der Waals surface area contributed by atoms with Crippen LogP contribution in [0.4, 0.5) is 17.1 Å². The van der Waals surface area contributed by atoms with Gasteiger partial charge in [0.15, 0.2) is 0 Å². The minimum Gasteiger partial charge on any atom is -0.492 e. The van der Waals surface area contributed by atoms with E-state index in [4.69, 9.17) is 39.5 Å². The number of nitrogens with zero attached hydrogens (tertiary/aromatic N) is 1. The van der Waals surface area contributed by atoms with Crippen LogP contribution in [0.3, 0.4) is 0 Å². The second kappa shape index (κ2) is 13.2. The third kappa shape index (κ3) is 7.29. The van der Waals surface area contributed by atoms with Gasteiger partial charge in [0.1, 0.15) is 12.3 Å². The van der Waals surface area contributed by atoms with Gasteiger partial charge in [0.05, 0.1) is 37.8 Å². The van der Waals surface area contributed by atoms with Gasteiger partial charge in [-0.2, -0.15) is 0 Å². The number of ether oxygens (including phenoxy) is 1. The van der Waals surface area contributed by atoms with E-state index in [1.54, 1.807) is 31.2 Å². The molecule has 1 amide bonds. The predicted octanol–water partition coefficient (Wildman–Crippen LogP) is 6.68. The number of nitrogens with one attached hydrogen (secondary N) is 2. The van der Waals surface area contributed by atoms with Gasteiger partial charge in [-0.3, -0.25) is 13.8 Å². The normalized spacial score (nSPS) is 11.5. The van der Waals surface area contributed by atoms with Crippen LogP contribution in [-0.2, 0) is 24.8 Å². The maximum Gasteiger partial charge on any atom is 0.264 e. The Morgan fingerprint density at radius 3 is 2.12 bits per heavy atom. The molecule has 0 aliphatic heterocycles. The van der Waals surface area contributed by atoms with E-state index < -0.39 is 32.5 Å². The lowest BCUT2D eigenvalue weighted by Gasteiger charge is -2.26.